The van der Waals surface area contributed by atoms with Crippen LogP contribution in [0.15, 0.2) is 22.7 Å². The molecular formula is C14H19BrFNO. The van der Waals surface area contributed by atoms with Crippen molar-refractivity contribution < 1.29 is 9.13 Å². The molecular weight excluding hydrogens is 297 g/mol. The zero-order valence-electron chi connectivity index (χ0n) is 10.7. The molecule has 1 aliphatic rings. The largest absolute Gasteiger partial charge is 0.380 e. The van der Waals surface area contributed by atoms with Crippen molar-refractivity contribution in [1.82, 2.24) is 4.90 Å². The number of hydrogen-bond acceptors (Lipinski definition) is 2. The predicted octanol–water partition coefficient (Wildman–Crippen LogP) is 3.45. The van der Waals surface area contributed by atoms with E-state index in [9.17, 15) is 4.39 Å². The van der Waals surface area contributed by atoms with E-state index in [1.54, 1.807) is 0 Å². The van der Waals surface area contributed by atoms with Gasteiger partial charge in [-0.2, -0.15) is 0 Å². The summed E-state index contributed by atoms with van der Waals surface area (Å²) in [5, 5.41) is 0. The Labute approximate surface area is 116 Å². The molecule has 0 spiro atoms. The molecule has 2 rings (SSSR count). The Balaban J connectivity index is 1.68. The number of ether oxygens (including phenoxy) is 1. The standard InChI is InChI=1S/C14H19BrFNO/c1-17(6-7-18-10-11-2-3-11)9-12-4-5-14(16)13(15)8-12/h4-5,8,11H,2-3,6-7,9-10H2,1H3. The van der Waals surface area contributed by atoms with E-state index in [0.29, 0.717) is 4.47 Å². The number of hydrogen-bond donors (Lipinski definition) is 0. The normalized spacial score (nSPS) is 15.3. The summed E-state index contributed by atoms with van der Waals surface area (Å²) in [5.74, 6) is 0.609. The van der Waals surface area contributed by atoms with Gasteiger partial charge in [-0.25, -0.2) is 4.39 Å². The number of rotatable bonds is 7. The van der Waals surface area contributed by atoms with Gasteiger partial charge in [0.05, 0.1) is 11.1 Å². The molecule has 1 aromatic carbocycles. The molecule has 1 aliphatic carbocycles. The average molecular weight is 316 g/mol. The summed E-state index contributed by atoms with van der Waals surface area (Å²) in [6.45, 7) is 3.40. The molecule has 1 saturated carbocycles. The Hall–Kier alpha value is -0.450. The fourth-order valence-electron chi connectivity index (χ4n) is 1.78. The van der Waals surface area contributed by atoms with E-state index in [2.05, 4.69) is 27.9 Å². The minimum atomic E-state index is -0.214. The second-order valence-corrected chi connectivity index (χ2v) is 5.86. The minimum Gasteiger partial charge on any atom is -0.380 e. The Morgan fingerprint density at radius 2 is 2.22 bits per heavy atom. The maximum absolute atomic E-state index is 13.1. The van der Waals surface area contributed by atoms with E-state index in [1.165, 1.54) is 18.9 Å². The van der Waals surface area contributed by atoms with E-state index in [4.69, 9.17) is 4.74 Å². The molecule has 0 heterocycles. The van der Waals surface area contributed by atoms with Crippen LogP contribution in [-0.4, -0.2) is 31.7 Å². The molecule has 4 heteroatoms. The Bertz CT molecular complexity index is 395. The van der Waals surface area contributed by atoms with Gasteiger partial charge in [0.1, 0.15) is 5.82 Å². The first-order chi connectivity index (χ1) is 8.65. The number of benzene rings is 1. The van der Waals surface area contributed by atoms with E-state index in [0.717, 1.165) is 37.8 Å². The van der Waals surface area contributed by atoms with Crippen molar-refractivity contribution in [1.29, 1.82) is 0 Å². The first kappa shape index (κ1) is 14.0. The summed E-state index contributed by atoms with van der Waals surface area (Å²) >= 11 is 3.20. The lowest BCUT2D eigenvalue weighted by Gasteiger charge is -2.17. The molecule has 1 aromatic rings. The lowest BCUT2D eigenvalue weighted by Crippen LogP contribution is -2.23. The van der Waals surface area contributed by atoms with Crippen molar-refractivity contribution in [3.05, 3.63) is 34.1 Å². The van der Waals surface area contributed by atoms with Gasteiger partial charge in [-0.3, -0.25) is 4.90 Å². The molecule has 0 atom stereocenters. The maximum Gasteiger partial charge on any atom is 0.137 e. The summed E-state index contributed by atoms with van der Waals surface area (Å²) in [5.41, 5.74) is 1.10. The topological polar surface area (TPSA) is 12.5 Å². The van der Waals surface area contributed by atoms with Gasteiger partial charge in [-0.05, 0) is 59.4 Å². The van der Waals surface area contributed by atoms with Gasteiger partial charge in [0.15, 0.2) is 0 Å². The summed E-state index contributed by atoms with van der Waals surface area (Å²) in [4.78, 5) is 2.19. The van der Waals surface area contributed by atoms with Crippen molar-refractivity contribution in [3.63, 3.8) is 0 Å². The van der Waals surface area contributed by atoms with Gasteiger partial charge in [-0.1, -0.05) is 6.07 Å². The van der Waals surface area contributed by atoms with Gasteiger partial charge in [0, 0.05) is 19.7 Å². The number of halogens is 2. The molecule has 0 bridgehead atoms. The van der Waals surface area contributed by atoms with Crippen LogP contribution in [0.25, 0.3) is 0 Å². The van der Waals surface area contributed by atoms with Crippen LogP contribution in [-0.2, 0) is 11.3 Å². The van der Waals surface area contributed by atoms with Gasteiger partial charge < -0.3 is 4.74 Å². The van der Waals surface area contributed by atoms with Crippen LogP contribution in [0.4, 0.5) is 4.39 Å². The Morgan fingerprint density at radius 1 is 1.44 bits per heavy atom. The van der Waals surface area contributed by atoms with Gasteiger partial charge >= 0.3 is 0 Å². The Kier molecular flexibility index (Phi) is 5.15. The van der Waals surface area contributed by atoms with Crippen molar-refractivity contribution in [2.45, 2.75) is 19.4 Å². The van der Waals surface area contributed by atoms with Crippen LogP contribution in [0, 0.1) is 11.7 Å². The van der Waals surface area contributed by atoms with Crippen LogP contribution in [0.3, 0.4) is 0 Å². The van der Waals surface area contributed by atoms with Crippen LogP contribution in [0.5, 0.6) is 0 Å². The first-order valence-corrected chi connectivity index (χ1v) is 7.14. The second kappa shape index (κ2) is 6.64. The lowest BCUT2D eigenvalue weighted by molar-refractivity contribution is 0.102. The third kappa shape index (κ3) is 4.67. The maximum atomic E-state index is 13.1. The smallest absolute Gasteiger partial charge is 0.137 e. The third-order valence-electron chi connectivity index (χ3n) is 3.10. The van der Waals surface area contributed by atoms with Crippen molar-refractivity contribution in [2.75, 3.05) is 26.8 Å². The van der Waals surface area contributed by atoms with Crippen molar-refractivity contribution >= 4 is 15.9 Å². The molecule has 0 N–H and O–H groups in total. The van der Waals surface area contributed by atoms with E-state index in [1.807, 2.05) is 12.1 Å². The Morgan fingerprint density at radius 3 is 2.89 bits per heavy atom. The highest BCUT2D eigenvalue weighted by molar-refractivity contribution is 9.10. The predicted molar refractivity (Wildman–Crippen MR) is 74.0 cm³/mol. The van der Waals surface area contributed by atoms with Gasteiger partial charge in [0.2, 0.25) is 0 Å². The molecule has 1 fully saturated rings. The van der Waals surface area contributed by atoms with Gasteiger partial charge in [-0.15, -0.1) is 0 Å². The van der Waals surface area contributed by atoms with Crippen LogP contribution >= 0.6 is 15.9 Å². The average Bonchev–Trinajstić information content (AvgIpc) is 3.14. The molecule has 0 amide bonds. The summed E-state index contributed by atoms with van der Waals surface area (Å²) in [6.07, 6.45) is 2.67. The summed E-state index contributed by atoms with van der Waals surface area (Å²) < 4.78 is 19.2. The minimum absolute atomic E-state index is 0.214. The fourth-order valence-corrected chi connectivity index (χ4v) is 2.21. The van der Waals surface area contributed by atoms with Crippen LogP contribution in [0.2, 0.25) is 0 Å². The third-order valence-corrected chi connectivity index (χ3v) is 3.71. The highest BCUT2D eigenvalue weighted by Crippen LogP contribution is 2.28. The van der Waals surface area contributed by atoms with E-state index >= 15 is 0 Å². The lowest BCUT2D eigenvalue weighted by atomic mass is 10.2. The van der Waals surface area contributed by atoms with Crippen LogP contribution < -0.4 is 0 Å². The molecule has 0 unspecified atom stereocenters. The molecule has 0 saturated heterocycles. The number of nitrogens with zero attached hydrogens (tertiary/aromatic N) is 1. The molecule has 0 aliphatic heterocycles. The first-order valence-electron chi connectivity index (χ1n) is 6.35. The van der Waals surface area contributed by atoms with E-state index < -0.39 is 0 Å². The summed E-state index contributed by atoms with van der Waals surface area (Å²) in [7, 11) is 2.05. The molecule has 0 aromatic heterocycles. The second-order valence-electron chi connectivity index (χ2n) is 5.00. The quantitative estimate of drug-likeness (QED) is 0.715. The zero-order valence-corrected chi connectivity index (χ0v) is 12.2. The summed E-state index contributed by atoms with van der Waals surface area (Å²) in [6, 6.07) is 5.15. The van der Waals surface area contributed by atoms with Crippen molar-refractivity contribution in [2.24, 2.45) is 5.92 Å². The highest BCUT2D eigenvalue weighted by Gasteiger charge is 2.20. The fraction of sp³-hybridized carbons (Fsp3) is 0.571. The zero-order chi connectivity index (χ0) is 13.0. The van der Waals surface area contributed by atoms with Crippen molar-refractivity contribution in [3.8, 4) is 0 Å². The molecule has 2 nitrogen and oxygen atoms in total. The van der Waals surface area contributed by atoms with E-state index in [-0.39, 0.29) is 5.82 Å². The molecule has 18 heavy (non-hydrogen) atoms. The van der Waals surface area contributed by atoms with Crippen LogP contribution in [0.1, 0.15) is 18.4 Å². The SMILES string of the molecule is CN(CCOCC1CC1)Cc1ccc(F)c(Br)c1. The molecule has 0 radical (unpaired) electrons. The highest BCUT2D eigenvalue weighted by atomic mass is 79.9. The monoisotopic (exact) mass is 315 g/mol. The van der Waals surface area contributed by atoms with Gasteiger partial charge in [0.25, 0.3) is 0 Å². The molecule has 100 valence electrons. The number of likely N-dealkylation sites (N-methyl/N-ethyl adjacent to an activating group) is 1.